The zero-order valence-electron chi connectivity index (χ0n) is 17.3. The Hall–Kier alpha value is -3.37. The highest BCUT2D eigenvalue weighted by Crippen LogP contribution is 2.29. The molecule has 0 unspecified atom stereocenters. The zero-order valence-corrected chi connectivity index (χ0v) is 18.8. The van der Waals surface area contributed by atoms with Crippen molar-refractivity contribution >= 4 is 38.9 Å². The van der Waals surface area contributed by atoms with Crippen LogP contribution in [-0.4, -0.2) is 27.5 Å². The van der Waals surface area contributed by atoms with E-state index in [9.17, 15) is 22.0 Å². The molecule has 0 bridgehead atoms. The third kappa shape index (κ3) is 6.33. The van der Waals surface area contributed by atoms with Crippen molar-refractivity contribution in [3.63, 3.8) is 0 Å². The summed E-state index contributed by atoms with van der Waals surface area (Å²) in [6, 6.07) is 13.2. The molecular weight excluding hydrogens is 478 g/mol. The number of nitrogens with one attached hydrogen (secondary N) is 2. The van der Waals surface area contributed by atoms with Gasteiger partial charge < -0.3 is 14.8 Å². The SMILES string of the molecule is CCOc1ccc(NS(=O)(=O)c2ccc(OCC(=O)Nc3c(F)cccc3F)c(Cl)c2)cc1. The Morgan fingerprint density at radius 1 is 1.00 bits per heavy atom. The van der Waals surface area contributed by atoms with Crippen LogP contribution in [0.3, 0.4) is 0 Å². The normalized spacial score (nSPS) is 11.0. The first-order chi connectivity index (χ1) is 15.7. The Labute approximate surface area is 194 Å². The number of hydrogen-bond acceptors (Lipinski definition) is 5. The fourth-order valence-corrected chi connectivity index (χ4v) is 4.09. The monoisotopic (exact) mass is 496 g/mol. The summed E-state index contributed by atoms with van der Waals surface area (Å²) in [5, 5.41) is 2.00. The van der Waals surface area contributed by atoms with E-state index in [0.717, 1.165) is 24.3 Å². The Morgan fingerprint density at radius 3 is 2.27 bits per heavy atom. The molecule has 0 aliphatic heterocycles. The van der Waals surface area contributed by atoms with Gasteiger partial charge in [0.2, 0.25) is 0 Å². The summed E-state index contributed by atoms with van der Waals surface area (Å²) in [6.45, 7) is 1.72. The summed E-state index contributed by atoms with van der Waals surface area (Å²) in [4.78, 5) is 11.8. The number of sulfonamides is 1. The summed E-state index contributed by atoms with van der Waals surface area (Å²) in [6.07, 6.45) is 0. The van der Waals surface area contributed by atoms with E-state index >= 15 is 0 Å². The molecular formula is C22H19ClF2N2O5S. The molecule has 0 heterocycles. The predicted octanol–water partition coefficient (Wildman–Crippen LogP) is 4.84. The third-order valence-electron chi connectivity index (χ3n) is 4.22. The van der Waals surface area contributed by atoms with E-state index in [2.05, 4.69) is 10.0 Å². The van der Waals surface area contributed by atoms with Crippen molar-refractivity contribution in [1.82, 2.24) is 0 Å². The molecule has 3 rings (SSSR count). The number of para-hydroxylation sites is 1. The van der Waals surface area contributed by atoms with Crippen LogP contribution < -0.4 is 19.5 Å². The molecule has 0 saturated carbocycles. The predicted molar refractivity (Wildman–Crippen MR) is 120 cm³/mol. The second-order valence-electron chi connectivity index (χ2n) is 6.59. The minimum Gasteiger partial charge on any atom is -0.494 e. The number of rotatable bonds is 9. The molecule has 0 radical (unpaired) electrons. The lowest BCUT2D eigenvalue weighted by molar-refractivity contribution is -0.118. The fourth-order valence-electron chi connectivity index (χ4n) is 2.70. The van der Waals surface area contributed by atoms with Gasteiger partial charge in [-0.3, -0.25) is 9.52 Å². The largest absolute Gasteiger partial charge is 0.494 e. The molecule has 0 fully saturated rings. The standard InChI is InChI=1S/C22H19ClF2N2O5S/c1-2-31-15-8-6-14(7-9-15)27-33(29,30)16-10-11-20(17(23)12-16)32-13-21(28)26-22-18(24)4-3-5-19(22)25/h3-12,27H,2,13H2,1H3,(H,26,28). The topological polar surface area (TPSA) is 93.7 Å². The maximum Gasteiger partial charge on any atom is 0.262 e. The van der Waals surface area contributed by atoms with E-state index in [-0.39, 0.29) is 15.7 Å². The number of carbonyl (C=O) groups is 1. The molecule has 11 heteroatoms. The van der Waals surface area contributed by atoms with Gasteiger partial charge in [0, 0.05) is 5.69 Å². The van der Waals surface area contributed by atoms with Gasteiger partial charge in [0.05, 0.1) is 16.5 Å². The summed E-state index contributed by atoms with van der Waals surface area (Å²) in [5.41, 5.74) is -0.272. The van der Waals surface area contributed by atoms with Gasteiger partial charge in [-0.15, -0.1) is 0 Å². The first-order valence-corrected chi connectivity index (χ1v) is 11.5. The van der Waals surface area contributed by atoms with E-state index in [1.54, 1.807) is 24.3 Å². The Bertz CT molecular complexity index is 1230. The molecule has 0 aromatic heterocycles. The maximum absolute atomic E-state index is 13.6. The summed E-state index contributed by atoms with van der Waals surface area (Å²) in [5.74, 6) is -2.08. The molecule has 0 spiro atoms. The molecule has 0 aliphatic rings. The number of benzene rings is 3. The minimum absolute atomic E-state index is 0.0147. The van der Waals surface area contributed by atoms with Crippen molar-refractivity contribution in [2.45, 2.75) is 11.8 Å². The number of anilines is 2. The van der Waals surface area contributed by atoms with Crippen LogP contribution in [0.25, 0.3) is 0 Å². The lowest BCUT2D eigenvalue weighted by Gasteiger charge is -2.12. The average molecular weight is 497 g/mol. The van der Waals surface area contributed by atoms with Gasteiger partial charge in [0.15, 0.2) is 6.61 Å². The second-order valence-corrected chi connectivity index (χ2v) is 8.68. The van der Waals surface area contributed by atoms with Crippen molar-refractivity contribution < 1.29 is 31.5 Å². The van der Waals surface area contributed by atoms with Gasteiger partial charge in [-0.1, -0.05) is 17.7 Å². The van der Waals surface area contributed by atoms with Crippen molar-refractivity contribution in [1.29, 1.82) is 0 Å². The van der Waals surface area contributed by atoms with Gasteiger partial charge in [-0.25, -0.2) is 17.2 Å². The first-order valence-electron chi connectivity index (χ1n) is 9.61. The van der Waals surface area contributed by atoms with Gasteiger partial charge >= 0.3 is 0 Å². The number of amides is 1. The van der Waals surface area contributed by atoms with Gasteiger partial charge in [-0.05, 0) is 61.5 Å². The van der Waals surface area contributed by atoms with Crippen LogP contribution in [0.1, 0.15) is 6.92 Å². The maximum atomic E-state index is 13.6. The zero-order chi connectivity index (χ0) is 24.0. The second kappa shape index (κ2) is 10.5. The highest BCUT2D eigenvalue weighted by molar-refractivity contribution is 7.92. The highest BCUT2D eigenvalue weighted by Gasteiger charge is 2.18. The Kier molecular flexibility index (Phi) is 7.72. The lowest BCUT2D eigenvalue weighted by atomic mass is 10.3. The van der Waals surface area contributed by atoms with Crippen molar-refractivity contribution in [3.05, 3.63) is 77.3 Å². The number of carbonyl (C=O) groups excluding carboxylic acids is 1. The molecule has 7 nitrogen and oxygen atoms in total. The van der Waals surface area contributed by atoms with Crippen LogP contribution >= 0.6 is 11.6 Å². The van der Waals surface area contributed by atoms with Crippen LogP contribution in [0, 0.1) is 11.6 Å². The molecule has 0 saturated heterocycles. The summed E-state index contributed by atoms with van der Waals surface area (Å²) >= 11 is 6.10. The minimum atomic E-state index is -3.95. The van der Waals surface area contributed by atoms with Crippen LogP contribution in [0.4, 0.5) is 20.2 Å². The molecule has 174 valence electrons. The van der Waals surface area contributed by atoms with Gasteiger partial charge in [0.25, 0.3) is 15.9 Å². The molecule has 0 aliphatic carbocycles. The lowest BCUT2D eigenvalue weighted by Crippen LogP contribution is -2.21. The third-order valence-corrected chi connectivity index (χ3v) is 5.89. The van der Waals surface area contributed by atoms with E-state index in [4.69, 9.17) is 21.1 Å². The molecule has 33 heavy (non-hydrogen) atoms. The van der Waals surface area contributed by atoms with Crippen molar-refractivity contribution in [3.8, 4) is 11.5 Å². The van der Waals surface area contributed by atoms with Crippen LogP contribution in [0.2, 0.25) is 5.02 Å². The van der Waals surface area contributed by atoms with E-state index in [1.807, 2.05) is 6.92 Å². The molecule has 0 atom stereocenters. The number of halogens is 3. The fraction of sp³-hybridized carbons (Fsp3) is 0.136. The van der Waals surface area contributed by atoms with E-state index in [1.165, 1.54) is 12.1 Å². The summed E-state index contributed by atoms with van der Waals surface area (Å²) in [7, 11) is -3.95. The van der Waals surface area contributed by atoms with E-state index in [0.29, 0.717) is 18.0 Å². The number of hydrogen-bond donors (Lipinski definition) is 2. The Morgan fingerprint density at radius 2 is 1.67 bits per heavy atom. The van der Waals surface area contributed by atoms with E-state index < -0.39 is 39.9 Å². The molecule has 1 amide bonds. The number of ether oxygens (including phenoxy) is 2. The van der Waals surface area contributed by atoms with Crippen LogP contribution in [0.15, 0.2) is 65.6 Å². The highest BCUT2D eigenvalue weighted by atomic mass is 35.5. The van der Waals surface area contributed by atoms with Crippen molar-refractivity contribution in [2.24, 2.45) is 0 Å². The first kappa shape index (κ1) is 24.3. The van der Waals surface area contributed by atoms with Gasteiger partial charge in [-0.2, -0.15) is 0 Å². The van der Waals surface area contributed by atoms with Gasteiger partial charge in [0.1, 0.15) is 28.8 Å². The summed E-state index contributed by atoms with van der Waals surface area (Å²) < 4.78 is 65.5. The smallest absolute Gasteiger partial charge is 0.262 e. The molecule has 3 aromatic rings. The van der Waals surface area contributed by atoms with Crippen LogP contribution in [-0.2, 0) is 14.8 Å². The van der Waals surface area contributed by atoms with Crippen LogP contribution in [0.5, 0.6) is 11.5 Å². The quantitative estimate of drug-likeness (QED) is 0.442. The van der Waals surface area contributed by atoms with Crippen molar-refractivity contribution in [2.75, 3.05) is 23.3 Å². The molecule has 3 aromatic carbocycles. The average Bonchev–Trinajstić information content (AvgIpc) is 2.77. The molecule has 2 N–H and O–H groups in total. The Balaban J connectivity index is 1.64.